The van der Waals surface area contributed by atoms with Crippen LogP contribution < -0.4 is 37.1 Å². The lowest BCUT2D eigenvalue weighted by Crippen LogP contribution is -2.57. The van der Waals surface area contributed by atoms with Crippen LogP contribution in [-0.4, -0.2) is 72.8 Å². The predicted octanol–water partition coefficient (Wildman–Crippen LogP) is -0.510. The van der Waals surface area contributed by atoms with Crippen molar-refractivity contribution in [3.05, 3.63) is 29.8 Å². The minimum atomic E-state index is -1.25. The Morgan fingerprint density at radius 1 is 1.02 bits per heavy atom. The highest BCUT2D eigenvalue weighted by Gasteiger charge is 2.32. The highest BCUT2D eigenvalue weighted by molar-refractivity contribution is 6.01. The minimum Gasteiger partial charge on any atom is -0.491 e. The van der Waals surface area contributed by atoms with Crippen molar-refractivity contribution in [2.45, 2.75) is 77.0 Å². The molecule has 1 aliphatic carbocycles. The Morgan fingerprint density at radius 3 is 2.39 bits per heavy atom. The van der Waals surface area contributed by atoms with Crippen molar-refractivity contribution in [3.63, 3.8) is 0 Å². The Labute approximate surface area is 239 Å². The van der Waals surface area contributed by atoms with Crippen LogP contribution in [0.2, 0.25) is 0 Å². The summed E-state index contributed by atoms with van der Waals surface area (Å²) >= 11 is 0. The topological polar surface area (TPSA) is 198 Å². The number of rotatable bonds is 7. The van der Waals surface area contributed by atoms with Gasteiger partial charge in [-0.1, -0.05) is 26.0 Å². The number of fused-ring (bicyclic) bond motifs is 1. The molecule has 0 radical (unpaired) electrons. The summed E-state index contributed by atoms with van der Waals surface area (Å²) in [6, 6.07) is 2.51. The summed E-state index contributed by atoms with van der Waals surface area (Å²) in [5.41, 5.74) is 5.42. The van der Waals surface area contributed by atoms with Gasteiger partial charge in [-0.25, -0.2) is 0 Å². The number of nitrogens with one attached hydrogen (secondary N) is 5. The van der Waals surface area contributed by atoms with E-state index in [-0.39, 0.29) is 36.7 Å². The first kappa shape index (κ1) is 31.4. The zero-order valence-corrected chi connectivity index (χ0v) is 23.7. The molecular formula is C28H40N6O7. The number of carbonyl (C=O) groups excluding carboxylic acids is 6. The molecule has 13 nitrogen and oxygen atoms in total. The van der Waals surface area contributed by atoms with Crippen LogP contribution in [0.3, 0.4) is 0 Å². The molecule has 13 heteroatoms. The zero-order valence-electron chi connectivity index (χ0n) is 23.7. The number of ether oxygens (including phenoxy) is 1. The van der Waals surface area contributed by atoms with E-state index in [1.165, 1.54) is 6.07 Å². The Bertz CT molecular complexity index is 1150. The van der Waals surface area contributed by atoms with E-state index in [9.17, 15) is 28.8 Å². The molecule has 3 rings (SSSR count). The maximum atomic E-state index is 13.3. The van der Waals surface area contributed by atoms with Gasteiger partial charge in [0.25, 0.3) is 5.91 Å². The van der Waals surface area contributed by atoms with E-state index in [0.29, 0.717) is 12.5 Å². The summed E-state index contributed by atoms with van der Waals surface area (Å²) in [7, 11) is 0. The van der Waals surface area contributed by atoms with Gasteiger partial charge in [-0.15, -0.1) is 0 Å². The fraction of sp³-hybridized carbons (Fsp3) is 0.571. The van der Waals surface area contributed by atoms with Crippen molar-refractivity contribution >= 4 is 35.4 Å². The van der Waals surface area contributed by atoms with Gasteiger partial charge in [0.05, 0.1) is 18.0 Å². The fourth-order valence-electron chi connectivity index (χ4n) is 4.29. The van der Waals surface area contributed by atoms with Crippen molar-refractivity contribution in [2.75, 3.05) is 13.2 Å². The first-order chi connectivity index (χ1) is 19.4. The molecule has 1 aromatic rings. The number of para-hydroxylation sites is 1. The third-order valence-electron chi connectivity index (χ3n) is 6.86. The maximum absolute atomic E-state index is 13.3. The summed E-state index contributed by atoms with van der Waals surface area (Å²) in [5, 5.41) is 13.4. The van der Waals surface area contributed by atoms with Crippen LogP contribution in [0.15, 0.2) is 24.3 Å². The van der Waals surface area contributed by atoms with Crippen molar-refractivity contribution in [1.29, 1.82) is 0 Å². The summed E-state index contributed by atoms with van der Waals surface area (Å²) in [6.45, 7) is 5.66. The predicted molar refractivity (Wildman–Crippen MR) is 148 cm³/mol. The van der Waals surface area contributed by atoms with E-state index in [1.807, 2.05) is 0 Å². The summed E-state index contributed by atoms with van der Waals surface area (Å²) in [5.74, 6) is -3.44. The second-order valence-electron chi connectivity index (χ2n) is 11.0. The maximum Gasteiger partial charge on any atom is 0.255 e. The van der Waals surface area contributed by atoms with Gasteiger partial charge in [-0.3, -0.25) is 28.8 Å². The molecule has 2 aliphatic rings. The zero-order chi connectivity index (χ0) is 30.1. The highest BCUT2D eigenvalue weighted by Crippen LogP contribution is 2.27. The molecule has 1 heterocycles. The van der Waals surface area contributed by atoms with Gasteiger partial charge < -0.3 is 37.1 Å². The minimum absolute atomic E-state index is 0.0153. The number of amides is 6. The van der Waals surface area contributed by atoms with Gasteiger partial charge >= 0.3 is 0 Å². The Hall–Kier alpha value is -4.16. The van der Waals surface area contributed by atoms with Crippen LogP contribution in [-0.2, 0) is 24.0 Å². The lowest BCUT2D eigenvalue weighted by molar-refractivity contribution is -0.134. The lowest BCUT2D eigenvalue weighted by Gasteiger charge is -2.26. The molecule has 0 spiro atoms. The molecule has 0 unspecified atom stereocenters. The average molecular weight is 573 g/mol. The molecule has 4 atom stereocenters. The van der Waals surface area contributed by atoms with E-state index < -0.39 is 66.0 Å². The summed E-state index contributed by atoms with van der Waals surface area (Å²) < 4.78 is 5.85. The van der Waals surface area contributed by atoms with Gasteiger partial charge in [0.2, 0.25) is 29.5 Å². The van der Waals surface area contributed by atoms with E-state index in [1.54, 1.807) is 39.0 Å². The second kappa shape index (κ2) is 14.5. The molecule has 1 saturated carbocycles. The third-order valence-corrected chi connectivity index (χ3v) is 6.86. The molecule has 1 aromatic carbocycles. The van der Waals surface area contributed by atoms with E-state index >= 15 is 0 Å². The van der Waals surface area contributed by atoms with Gasteiger partial charge in [0.15, 0.2) is 0 Å². The van der Waals surface area contributed by atoms with Crippen molar-refractivity contribution in [3.8, 4) is 5.75 Å². The molecule has 0 bridgehead atoms. The highest BCUT2D eigenvalue weighted by atomic mass is 16.5. The SMILES string of the molecule is CC(C)[C@H]1NC(=O)[C@H](CCC(N)=O)NC(=O)C[C@@H](C(=O)NCC2CC2)NC(=O)c2ccccc2OC[C@H](C)NC1=O. The van der Waals surface area contributed by atoms with Crippen molar-refractivity contribution < 1.29 is 33.5 Å². The third kappa shape index (κ3) is 9.76. The number of nitrogens with two attached hydrogens (primary N) is 1. The molecule has 0 saturated heterocycles. The second-order valence-corrected chi connectivity index (χ2v) is 11.0. The monoisotopic (exact) mass is 572 g/mol. The fourth-order valence-corrected chi connectivity index (χ4v) is 4.29. The van der Waals surface area contributed by atoms with E-state index in [2.05, 4.69) is 26.6 Å². The smallest absolute Gasteiger partial charge is 0.255 e. The number of hydrogen-bond acceptors (Lipinski definition) is 7. The van der Waals surface area contributed by atoms with Gasteiger partial charge in [0.1, 0.15) is 30.5 Å². The average Bonchev–Trinajstić information content (AvgIpc) is 3.74. The number of hydrogen-bond donors (Lipinski definition) is 6. The van der Waals surface area contributed by atoms with Gasteiger partial charge in [-0.05, 0) is 50.2 Å². The van der Waals surface area contributed by atoms with Crippen LogP contribution in [0.4, 0.5) is 0 Å². The summed E-state index contributed by atoms with van der Waals surface area (Å²) in [4.78, 5) is 77.2. The molecule has 6 amide bonds. The van der Waals surface area contributed by atoms with Crippen molar-refractivity contribution in [2.24, 2.45) is 17.6 Å². The van der Waals surface area contributed by atoms with Gasteiger partial charge in [-0.2, -0.15) is 0 Å². The molecule has 1 aliphatic heterocycles. The van der Waals surface area contributed by atoms with Crippen LogP contribution in [0, 0.1) is 11.8 Å². The number of carbonyl (C=O) groups is 6. The molecule has 1 fully saturated rings. The Balaban J connectivity index is 1.93. The Kier molecular flexibility index (Phi) is 11.1. The number of benzene rings is 1. The molecule has 7 N–H and O–H groups in total. The largest absolute Gasteiger partial charge is 0.491 e. The van der Waals surface area contributed by atoms with E-state index in [0.717, 1.165) is 12.8 Å². The van der Waals surface area contributed by atoms with Crippen molar-refractivity contribution in [1.82, 2.24) is 26.6 Å². The quantitative estimate of drug-likeness (QED) is 0.253. The Morgan fingerprint density at radius 2 is 1.73 bits per heavy atom. The molecular weight excluding hydrogens is 532 g/mol. The lowest BCUT2D eigenvalue weighted by atomic mass is 10.0. The van der Waals surface area contributed by atoms with Crippen LogP contribution in [0.5, 0.6) is 5.75 Å². The molecule has 0 aromatic heterocycles. The standard InChI is InChI=1S/C28H40N6O7/c1-15(2)24-28(40)31-16(3)14-41-21-7-5-4-6-18(21)25(37)33-20(26(38)30-13-17-8-9-17)12-23(36)32-19(27(39)34-24)10-11-22(29)35/h4-7,15-17,19-20,24H,8-14H2,1-3H3,(H2,29,35)(H,30,38)(H,31,40)(H,32,36)(H,33,37)(H,34,39)/t16-,19-,20-,24+/m0/s1. The van der Waals surface area contributed by atoms with Gasteiger partial charge in [0, 0.05) is 13.0 Å². The van der Waals surface area contributed by atoms with Crippen LogP contribution in [0.25, 0.3) is 0 Å². The number of primary amides is 1. The normalized spacial score (nSPS) is 24.5. The van der Waals surface area contributed by atoms with E-state index in [4.69, 9.17) is 10.5 Å². The van der Waals surface area contributed by atoms with Crippen LogP contribution >= 0.6 is 0 Å². The van der Waals surface area contributed by atoms with Crippen LogP contribution in [0.1, 0.15) is 63.2 Å². The molecule has 224 valence electrons. The molecule has 41 heavy (non-hydrogen) atoms. The first-order valence-electron chi connectivity index (χ1n) is 13.9. The summed E-state index contributed by atoms with van der Waals surface area (Å²) in [6.07, 6.45) is 1.18. The first-order valence-corrected chi connectivity index (χ1v) is 13.9.